The van der Waals surface area contributed by atoms with E-state index in [0.717, 1.165) is 38.1 Å². The number of ketones is 1. The maximum Gasteiger partial charge on any atom is 0.132 e. The van der Waals surface area contributed by atoms with Gasteiger partial charge in [-0.1, -0.05) is 0 Å². The molecule has 0 amide bonds. The Hall–Kier alpha value is -0.410. The number of nitrogens with zero attached hydrogens (tertiary/aromatic N) is 1. The summed E-state index contributed by atoms with van der Waals surface area (Å²) >= 11 is 0. The minimum Gasteiger partial charge on any atom is -0.314 e. The molecule has 3 heteroatoms. The Morgan fingerprint density at radius 3 is 2.44 bits per heavy atom. The number of Topliss-reactive ketones (excluding diaryl/α,β-unsaturated/α-hetero) is 1. The first-order valence-electron chi connectivity index (χ1n) is 6.67. The summed E-state index contributed by atoms with van der Waals surface area (Å²) in [7, 11) is 2.20. The zero-order chi connectivity index (χ0) is 11.4. The molecule has 92 valence electrons. The maximum atomic E-state index is 11.1. The zero-order valence-corrected chi connectivity index (χ0v) is 10.4. The molecule has 2 fully saturated rings. The van der Waals surface area contributed by atoms with Crippen molar-refractivity contribution in [2.24, 2.45) is 5.92 Å². The van der Waals surface area contributed by atoms with Crippen molar-refractivity contribution < 1.29 is 4.79 Å². The molecule has 16 heavy (non-hydrogen) atoms. The van der Waals surface area contributed by atoms with Crippen molar-refractivity contribution in [2.45, 2.75) is 44.6 Å². The van der Waals surface area contributed by atoms with Gasteiger partial charge in [0, 0.05) is 18.9 Å². The number of piperidine rings is 1. The average Bonchev–Trinajstić information content (AvgIpc) is 2.30. The van der Waals surface area contributed by atoms with Crippen LogP contribution in [0.4, 0.5) is 0 Å². The van der Waals surface area contributed by atoms with Crippen molar-refractivity contribution in [3.05, 3.63) is 0 Å². The predicted molar refractivity (Wildman–Crippen MR) is 65.5 cm³/mol. The second-order valence-corrected chi connectivity index (χ2v) is 5.47. The van der Waals surface area contributed by atoms with E-state index < -0.39 is 0 Å². The quantitative estimate of drug-likeness (QED) is 0.787. The van der Waals surface area contributed by atoms with Crippen LogP contribution in [0.25, 0.3) is 0 Å². The molecule has 1 saturated carbocycles. The van der Waals surface area contributed by atoms with Crippen LogP contribution in [0.2, 0.25) is 0 Å². The monoisotopic (exact) mass is 224 g/mol. The minimum atomic E-state index is 0.468. The van der Waals surface area contributed by atoms with E-state index in [1.54, 1.807) is 0 Å². The number of hydrogen-bond acceptors (Lipinski definition) is 3. The van der Waals surface area contributed by atoms with Gasteiger partial charge in [-0.15, -0.1) is 0 Å². The van der Waals surface area contributed by atoms with Gasteiger partial charge in [0.2, 0.25) is 0 Å². The molecule has 2 aliphatic rings. The van der Waals surface area contributed by atoms with E-state index in [1.165, 1.54) is 25.9 Å². The van der Waals surface area contributed by atoms with Crippen LogP contribution in [-0.2, 0) is 4.79 Å². The van der Waals surface area contributed by atoms with Gasteiger partial charge in [0.1, 0.15) is 5.78 Å². The van der Waals surface area contributed by atoms with Crippen LogP contribution in [0.5, 0.6) is 0 Å². The second kappa shape index (κ2) is 5.78. The van der Waals surface area contributed by atoms with E-state index >= 15 is 0 Å². The summed E-state index contributed by atoms with van der Waals surface area (Å²) in [5, 5.41) is 3.69. The number of rotatable bonds is 3. The molecule has 0 aromatic carbocycles. The minimum absolute atomic E-state index is 0.468. The van der Waals surface area contributed by atoms with Gasteiger partial charge in [0.25, 0.3) is 0 Å². The van der Waals surface area contributed by atoms with E-state index in [2.05, 4.69) is 17.3 Å². The van der Waals surface area contributed by atoms with Crippen molar-refractivity contribution in [1.82, 2.24) is 10.2 Å². The lowest BCUT2D eigenvalue weighted by Crippen LogP contribution is -2.42. The van der Waals surface area contributed by atoms with Gasteiger partial charge in [-0.25, -0.2) is 0 Å². The van der Waals surface area contributed by atoms with Gasteiger partial charge in [-0.3, -0.25) is 4.79 Å². The Balaban J connectivity index is 1.62. The highest BCUT2D eigenvalue weighted by molar-refractivity contribution is 5.79. The first-order chi connectivity index (χ1) is 7.74. The topological polar surface area (TPSA) is 32.3 Å². The summed E-state index contributed by atoms with van der Waals surface area (Å²) in [5.41, 5.74) is 0. The lowest BCUT2D eigenvalue weighted by Gasteiger charge is -2.31. The number of hydrogen-bond donors (Lipinski definition) is 1. The number of likely N-dealkylation sites (tertiary alicyclic amines) is 1. The fourth-order valence-electron chi connectivity index (χ4n) is 2.75. The largest absolute Gasteiger partial charge is 0.314 e. The third kappa shape index (κ3) is 3.56. The molecule has 0 bridgehead atoms. The van der Waals surface area contributed by atoms with E-state index in [1.807, 2.05) is 0 Å². The van der Waals surface area contributed by atoms with Crippen LogP contribution in [0.1, 0.15) is 38.5 Å². The SMILES string of the molecule is CN1CCC(NCC2CCC(=O)CC2)CC1. The Labute approximate surface area is 98.6 Å². The summed E-state index contributed by atoms with van der Waals surface area (Å²) < 4.78 is 0. The Morgan fingerprint density at radius 2 is 1.81 bits per heavy atom. The van der Waals surface area contributed by atoms with Crippen LogP contribution in [-0.4, -0.2) is 43.4 Å². The molecule has 1 aliphatic carbocycles. The van der Waals surface area contributed by atoms with E-state index in [4.69, 9.17) is 0 Å². The predicted octanol–water partition coefficient (Wildman–Crippen LogP) is 1.43. The van der Waals surface area contributed by atoms with Crippen molar-refractivity contribution in [3.63, 3.8) is 0 Å². The molecule has 0 spiro atoms. The van der Waals surface area contributed by atoms with Gasteiger partial charge < -0.3 is 10.2 Å². The molecule has 1 saturated heterocycles. The molecule has 0 aromatic rings. The molecule has 2 rings (SSSR count). The summed E-state index contributed by atoms with van der Waals surface area (Å²) in [4.78, 5) is 13.5. The molecule has 0 radical (unpaired) electrons. The van der Waals surface area contributed by atoms with Crippen LogP contribution in [0, 0.1) is 5.92 Å². The maximum absolute atomic E-state index is 11.1. The first-order valence-corrected chi connectivity index (χ1v) is 6.67. The number of nitrogens with one attached hydrogen (secondary N) is 1. The van der Waals surface area contributed by atoms with Crippen LogP contribution >= 0.6 is 0 Å². The normalized spacial score (nSPS) is 26.2. The molecular weight excluding hydrogens is 200 g/mol. The van der Waals surface area contributed by atoms with Gasteiger partial charge in [0.15, 0.2) is 0 Å². The van der Waals surface area contributed by atoms with Crippen molar-refractivity contribution in [3.8, 4) is 0 Å². The highest BCUT2D eigenvalue weighted by Gasteiger charge is 2.21. The lowest BCUT2D eigenvalue weighted by molar-refractivity contribution is -0.120. The summed E-state index contributed by atoms with van der Waals surface area (Å²) in [5.74, 6) is 1.22. The highest BCUT2D eigenvalue weighted by atomic mass is 16.1. The summed E-state index contributed by atoms with van der Waals surface area (Å²) in [6.07, 6.45) is 6.42. The van der Waals surface area contributed by atoms with Crippen molar-refractivity contribution in [2.75, 3.05) is 26.7 Å². The fourth-order valence-corrected chi connectivity index (χ4v) is 2.75. The molecule has 0 unspecified atom stereocenters. The van der Waals surface area contributed by atoms with Crippen LogP contribution in [0.15, 0.2) is 0 Å². The Kier molecular flexibility index (Phi) is 4.36. The third-order valence-electron chi connectivity index (χ3n) is 4.08. The first kappa shape index (κ1) is 12.1. The number of carbonyl (C=O) groups is 1. The highest BCUT2D eigenvalue weighted by Crippen LogP contribution is 2.21. The molecule has 0 aromatic heterocycles. The van der Waals surface area contributed by atoms with E-state index in [-0.39, 0.29) is 0 Å². The smallest absolute Gasteiger partial charge is 0.132 e. The molecule has 1 heterocycles. The molecule has 3 nitrogen and oxygen atoms in total. The standard InChI is InChI=1S/C13H24N2O/c1-15-8-6-12(7-9-15)14-10-11-2-4-13(16)5-3-11/h11-12,14H,2-10H2,1H3. The van der Waals surface area contributed by atoms with Gasteiger partial charge in [0.05, 0.1) is 0 Å². The summed E-state index contributed by atoms with van der Waals surface area (Å²) in [6.45, 7) is 3.57. The molecule has 1 N–H and O–H groups in total. The van der Waals surface area contributed by atoms with Crippen molar-refractivity contribution in [1.29, 1.82) is 0 Å². The lowest BCUT2D eigenvalue weighted by atomic mass is 9.88. The number of carbonyl (C=O) groups excluding carboxylic acids is 1. The molecule has 1 aliphatic heterocycles. The van der Waals surface area contributed by atoms with Crippen LogP contribution < -0.4 is 5.32 Å². The van der Waals surface area contributed by atoms with Gasteiger partial charge in [-0.2, -0.15) is 0 Å². The van der Waals surface area contributed by atoms with Crippen molar-refractivity contribution >= 4 is 5.78 Å². The van der Waals surface area contributed by atoms with E-state index in [0.29, 0.717) is 11.8 Å². The van der Waals surface area contributed by atoms with Gasteiger partial charge >= 0.3 is 0 Å². The zero-order valence-electron chi connectivity index (χ0n) is 10.4. The molecular formula is C13H24N2O. The van der Waals surface area contributed by atoms with E-state index in [9.17, 15) is 4.79 Å². The average molecular weight is 224 g/mol. The Bertz CT molecular complexity index is 224. The second-order valence-electron chi connectivity index (χ2n) is 5.47. The fraction of sp³-hybridized carbons (Fsp3) is 0.923. The van der Waals surface area contributed by atoms with Gasteiger partial charge in [-0.05, 0) is 58.3 Å². The van der Waals surface area contributed by atoms with Crippen LogP contribution in [0.3, 0.4) is 0 Å². The third-order valence-corrected chi connectivity index (χ3v) is 4.08. The summed E-state index contributed by atoms with van der Waals surface area (Å²) in [6, 6.07) is 0.717. The molecule has 0 atom stereocenters. The Morgan fingerprint density at radius 1 is 1.19 bits per heavy atom.